The van der Waals surface area contributed by atoms with Crippen LogP contribution in [-0.2, 0) is 0 Å². The summed E-state index contributed by atoms with van der Waals surface area (Å²) in [4.78, 5) is 13.2. The fourth-order valence-electron chi connectivity index (χ4n) is 2.75. The van der Waals surface area contributed by atoms with E-state index in [0.29, 0.717) is 30.5 Å². The molecule has 1 unspecified atom stereocenters. The van der Waals surface area contributed by atoms with Crippen molar-refractivity contribution in [2.75, 3.05) is 31.1 Å². The van der Waals surface area contributed by atoms with Crippen molar-refractivity contribution >= 4 is 11.4 Å². The first-order chi connectivity index (χ1) is 10.2. The summed E-state index contributed by atoms with van der Waals surface area (Å²) in [7, 11) is 0. The van der Waals surface area contributed by atoms with E-state index in [2.05, 4.69) is 4.90 Å². The smallest absolute Gasteiger partial charge is 0.333 e. The molecule has 0 saturated carbocycles. The molecule has 1 aromatic rings. The molecule has 6 nitrogen and oxygen atoms in total. The Morgan fingerprint density at radius 1 is 1.52 bits per heavy atom. The van der Waals surface area contributed by atoms with Crippen LogP contribution in [0.15, 0.2) is 18.2 Å². The highest BCUT2D eigenvalue weighted by molar-refractivity contribution is 5.70. The summed E-state index contributed by atoms with van der Waals surface area (Å²) in [5.74, 6) is 0.757. The molecule has 0 aliphatic carbocycles. The van der Waals surface area contributed by atoms with Gasteiger partial charge in [-0.05, 0) is 43.9 Å². The van der Waals surface area contributed by atoms with Crippen LogP contribution in [0.3, 0.4) is 0 Å². The standard InChI is InChI=1S/C15H23N3O3/c1-2-9-21-14-7-3-6-13(15(14)18(19)20)17-8-4-5-12(10-16)11-17/h3,6-7,12H,2,4-5,8-11,16H2,1H3. The summed E-state index contributed by atoms with van der Waals surface area (Å²) in [5, 5.41) is 11.5. The number of nitro benzene ring substituents is 1. The fraction of sp³-hybridized carbons (Fsp3) is 0.600. The molecule has 21 heavy (non-hydrogen) atoms. The number of nitrogens with two attached hydrogens (primary N) is 1. The van der Waals surface area contributed by atoms with Crippen LogP contribution in [0.4, 0.5) is 11.4 Å². The zero-order chi connectivity index (χ0) is 15.2. The molecule has 1 atom stereocenters. The maximum atomic E-state index is 11.5. The SMILES string of the molecule is CCCOc1cccc(N2CCCC(CN)C2)c1[N+](=O)[O-]. The molecule has 0 bridgehead atoms. The van der Waals surface area contributed by atoms with Gasteiger partial charge in [0.25, 0.3) is 0 Å². The van der Waals surface area contributed by atoms with E-state index in [9.17, 15) is 10.1 Å². The summed E-state index contributed by atoms with van der Waals surface area (Å²) in [6.45, 7) is 4.68. The first-order valence-electron chi connectivity index (χ1n) is 7.52. The zero-order valence-electron chi connectivity index (χ0n) is 12.5. The van der Waals surface area contributed by atoms with Gasteiger partial charge in [0, 0.05) is 13.1 Å². The minimum atomic E-state index is -0.341. The lowest BCUT2D eigenvalue weighted by Crippen LogP contribution is -2.38. The predicted octanol–water partition coefficient (Wildman–Crippen LogP) is 2.56. The van der Waals surface area contributed by atoms with Crippen LogP contribution in [-0.4, -0.2) is 31.2 Å². The quantitative estimate of drug-likeness (QED) is 0.644. The minimum Gasteiger partial charge on any atom is -0.487 e. The zero-order valence-corrected chi connectivity index (χ0v) is 12.5. The van der Waals surface area contributed by atoms with Crippen molar-refractivity contribution in [1.82, 2.24) is 0 Å². The monoisotopic (exact) mass is 293 g/mol. The molecule has 6 heteroatoms. The molecule has 0 amide bonds. The Morgan fingerprint density at radius 2 is 2.33 bits per heavy atom. The van der Waals surface area contributed by atoms with E-state index in [1.54, 1.807) is 12.1 Å². The third-order valence-electron chi connectivity index (χ3n) is 3.81. The van der Waals surface area contributed by atoms with Gasteiger partial charge in [0.15, 0.2) is 5.75 Å². The first kappa shape index (κ1) is 15.6. The van der Waals surface area contributed by atoms with Crippen molar-refractivity contribution in [1.29, 1.82) is 0 Å². The van der Waals surface area contributed by atoms with Crippen LogP contribution < -0.4 is 15.4 Å². The van der Waals surface area contributed by atoms with E-state index in [1.807, 2.05) is 13.0 Å². The molecule has 0 spiro atoms. The highest BCUT2D eigenvalue weighted by Gasteiger charge is 2.28. The number of para-hydroxylation sites is 1. The lowest BCUT2D eigenvalue weighted by atomic mass is 9.97. The Hall–Kier alpha value is -1.82. The minimum absolute atomic E-state index is 0.0728. The molecule has 116 valence electrons. The van der Waals surface area contributed by atoms with Gasteiger partial charge >= 0.3 is 5.69 Å². The maximum absolute atomic E-state index is 11.5. The van der Waals surface area contributed by atoms with Gasteiger partial charge in [-0.2, -0.15) is 0 Å². The molecule has 0 aromatic heterocycles. The number of hydrogen-bond donors (Lipinski definition) is 1. The molecular weight excluding hydrogens is 270 g/mol. The summed E-state index contributed by atoms with van der Waals surface area (Å²) in [6.07, 6.45) is 2.92. The largest absolute Gasteiger partial charge is 0.487 e. The molecule has 1 heterocycles. The molecular formula is C15H23N3O3. The molecule has 1 aliphatic rings. The normalized spacial score (nSPS) is 18.6. The Kier molecular flexibility index (Phi) is 5.38. The maximum Gasteiger partial charge on any atom is 0.333 e. The number of ether oxygens (including phenoxy) is 1. The first-order valence-corrected chi connectivity index (χ1v) is 7.52. The van der Waals surface area contributed by atoms with Gasteiger partial charge in [0.1, 0.15) is 5.69 Å². The number of anilines is 1. The Bertz CT molecular complexity index is 493. The number of nitrogens with zero attached hydrogens (tertiary/aromatic N) is 2. The average molecular weight is 293 g/mol. The predicted molar refractivity (Wildman–Crippen MR) is 82.9 cm³/mol. The van der Waals surface area contributed by atoms with Gasteiger partial charge in [-0.1, -0.05) is 13.0 Å². The van der Waals surface area contributed by atoms with Gasteiger partial charge in [0.2, 0.25) is 0 Å². The van der Waals surface area contributed by atoms with Gasteiger partial charge in [-0.3, -0.25) is 10.1 Å². The molecule has 2 rings (SSSR count). The molecule has 0 radical (unpaired) electrons. The van der Waals surface area contributed by atoms with Gasteiger partial charge in [0.05, 0.1) is 11.5 Å². The second kappa shape index (κ2) is 7.26. The lowest BCUT2D eigenvalue weighted by Gasteiger charge is -2.33. The van der Waals surface area contributed by atoms with E-state index >= 15 is 0 Å². The number of rotatable bonds is 6. The van der Waals surface area contributed by atoms with Crippen molar-refractivity contribution in [3.8, 4) is 5.75 Å². The van der Waals surface area contributed by atoms with E-state index in [1.165, 1.54) is 0 Å². The Labute approximate surface area is 125 Å². The van der Waals surface area contributed by atoms with Crippen molar-refractivity contribution < 1.29 is 9.66 Å². The second-order valence-electron chi connectivity index (χ2n) is 5.42. The summed E-state index contributed by atoms with van der Waals surface area (Å²) >= 11 is 0. The molecule has 1 saturated heterocycles. The van der Waals surface area contributed by atoms with Crippen molar-refractivity contribution in [3.05, 3.63) is 28.3 Å². The van der Waals surface area contributed by atoms with E-state index in [4.69, 9.17) is 10.5 Å². The average Bonchev–Trinajstić information content (AvgIpc) is 2.52. The second-order valence-corrected chi connectivity index (χ2v) is 5.42. The van der Waals surface area contributed by atoms with E-state index in [0.717, 1.165) is 32.4 Å². The van der Waals surface area contributed by atoms with Gasteiger partial charge in [-0.15, -0.1) is 0 Å². The lowest BCUT2D eigenvalue weighted by molar-refractivity contribution is -0.385. The summed E-state index contributed by atoms with van der Waals surface area (Å²) in [5.41, 5.74) is 6.47. The topological polar surface area (TPSA) is 81.6 Å². The van der Waals surface area contributed by atoms with E-state index in [-0.39, 0.29) is 10.6 Å². The van der Waals surface area contributed by atoms with Crippen LogP contribution in [0, 0.1) is 16.0 Å². The number of benzene rings is 1. The van der Waals surface area contributed by atoms with Crippen LogP contribution in [0.1, 0.15) is 26.2 Å². The van der Waals surface area contributed by atoms with Crippen molar-refractivity contribution in [3.63, 3.8) is 0 Å². The number of nitro groups is 1. The van der Waals surface area contributed by atoms with Crippen LogP contribution in [0.2, 0.25) is 0 Å². The highest BCUT2D eigenvalue weighted by Crippen LogP contribution is 2.38. The number of hydrogen-bond acceptors (Lipinski definition) is 5. The third kappa shape index (κ3) is 3.64. The summed E-state index contributed by atoms with van der Waals surface area (Å²) in [6, 6.07) is 5.29. The van der Waals surface area contributed by atoms with Gasteiger partial charge < -0.3 is 15.4 Å². The molecule has 2 N–H and O–H groups in total. The highest BCUT2D eigenvalue weighted by atomic mass is 16.6. The summed E-state index contributed by atoms with van der Waals surface area (Å²) < 4.78 is 5.54. The molecule has 1 aromatic carbocycles. The fourth-order valence-corrected chi connectivity index (χ4v) is 2.75. The number of piperidine rings is 1. The van der Waals surface area contributed by atoms with Crippen molar-refractivity contribution in [2.24, 2.45) is 11.7 Å². The molecule has 1 aliphatic heterocycles. The van der Waals surface area contributed by atoms with E-state index < -0.39 is 0 Å². The third-order valence-corrected chi connectivity index (χ3v) is 3.81. The molecule has 1 fully saturated rings. The van der Waals surface area contributed by atoms with Gasteiger partial charge in [-0.25, -0.2) is 0 Å². The Balaban J connectivity index is 2.31. The van der Waals surface area contributed by atoms with Crippen LogP contribution in [0.25, 0.3) is 0 Å². The van der Waals surface area contributed by atoms with Crippen LogP contribution in [0.5, 0.6) is 5.75 Å². The Morgan fingerprint density at radius 3 is 3.00 bits per heavy atom. The van der Waals surface area contributed by atoms with Crippen molar-refractivity contribution in [2.45, 2.75) is 26.2 Å². The van der Waals surface area contributed by atoms with Crippen LogP contribution >= 0.6 is 0 Å².